The zero-order valence-electron chi connectivity index (χ0n) is 28.3. The van der Waals surface area contributed by atoms with Gasteiger partial charge < -0.3 is 15.1 Å². The summed E-state index contributed by atoms with van der Waals surface area (Å²) in [7, 11) is 1.38. The van der Waals surface area contributed by atoms with E-state index in [0.29, 0.717) is 33.4 Å². The number of aromatic amines is 1. The van der Waals surface area contributed by atoms with Crippen molar-refractivity contribution in [2.45, 2.75) is 46.1 Å². The van der Waals surface area contributed by atoms with Crippen LogP contribution in [-0.4, -0.2) is 74.2 Å². The zero-order valence-corrected chi connectivity index (χ0v) is 28.3. The number of carbonyl (C=O) groups is 2. The minimum Gasteiger partial charge on any atom is -0.366 e. The number of nitrogens with zero attached hydrogens (tertiary/aromatic N) is 7. The molecule has 1 atom stereocenters. The van der Waals surface area contributed by atoms with Crippen molar-refractivity contribution in [3.63, 3.8) is 0 Å². The monoisotopic (exact) mass is 679 g/mol. The second-order valence-electron chi connectivity index (χ2n) is 12.6. The van der Waals surface area contributed by atoms with Crippen molar-refractivity contribution in [3.8, 4) is 23.0 Å². The van der Waals surface area contributed by atoms with E-state index >= 15 is 4.39 Å². The Morgan fingerprint density at radius 2 is 1.92 bits per heavy atom. The molecule has 5 heterocycles. The summed E-state index contributed by atoms with van der Waals surface area (Å²) in [5, 5.41) is 20.0. The largest absolute Gasteiger partial charge is 0.366 e. The van der Waals surface area contributed by atoms with Crippen LogP contribution in [0.15, 0.2) is 53.9 Å². The zero-order chi connectivity index (χ0) is 36.0. The van der Waals surface area contributed by atoms with Gasteiger partial charge in [0.2, 0.25) is 0 Å². The lowest BCUT2D eigenvalue weighted by Crippen LogP contribution is -2.56. The molecule has 0 unspecified atom stereocenters. The van der Waals surface area contributed by atoms with Gasteiger partial charge in [-0.25, -0.2) is 13.8 Å². The number of halogens is 2. The lowest BCUT2D eigenvalue weighted by molar-refractivity contribution is -0.131. The van der Waals surface area contributed by atoms with Crippen molar-refractivity contribution < 1.29 is 18.4 Å². The smallest absolute Gasteiger partial charge is 0.282 e. The van der Waals surface area contributed by atoms with Gasteiger partial charge in [0.05, 0.1) is 47.3 Å². The van der Waals surface area contributed by atoms with Gasteiger partial charge in [-0.3, -0.25) is 29.0 Å². The third kappa shape index (κ3) is 5.54. The first-order valence-electron chi connectivity index (χ1n) is 16.1. The lowest BCUT2D eigenvalue weighted by Gasteiger charge is -2.42. The van der Waals surface area contributed by atoms with Crippen molar-refractivity contribution in [2.24, 2.45) is 0 Å². The predicted octanol–water partition coefficient (Wildman–Crippen LogP) is 4.98. The molecule has 2 amide bonds. The Balaban J connectivity index is 1.74. The first-order valence-corrected chi connectivity index (χ1v) is 16.1. The fraction of sp³-hybridized carbons (Fsp3) is 0.306. The number of H-pyrrole nitrogens is 1. The molecule has 6 rings (SSSR count). The van der Waals surface area contributed by atoms with Gasteiger partial charge in [-0.15, -0.1) is 0 Å². The number of nitriles is 1. The number of hydrogen-bond donors (Lipinski definition) is 2. The van der Waals surface area contributed by atoms with Crippen molar-refractivity contribution in [1.29, 1.82) is 5.26 Å². The number of anilines is 1. The highest BCUT2D eigenvalue weighted by atomic mass is 19.1. The van der Waals surface area contributed by atoms with Crippen LogP contribution in [0.4, 0.5) is 14.5 Å². The molecule has 0 saturated carbocycles. The van der Waals surface area contributed by atoms with E-state index in [0.717, 1.165) is 5.56 Å². The topological polar surface area (TPSA) is 153 Å². The van der Waals surface area contributed by atoms with Crippen molar-refractivity contribution in [1.82, 2.24) is 34.9 Å². The molecule has 4 aromatic heterocycles. The molecule has 14 heteroatoms. The number of rotatable bonds is 7. The highest BCUT2D eigenvalue weighted by Gasteiger charge is 2.36. The third-order valence-electron chi connectivity index (χ3n) is 9.14. The quantitative estimate of drug-likeness (QED) is 0.229. The number of aryl methyl sites for hydroxylation is 2. The van der Waals surface area contributed by atoms with Crippen LogP contribution in [0, 0.1) is 31.0 Å². The molecule has 1 fully saturated rings. The molecule has 2 N–H and O–H groups in total. The fourth-order valence-corrected chi connectivity index (χ4v) is 6.80. The molecule has 1 aliphatic heterocycles. The molecule has 0 spiro atoms. The van der Waals surface area contributed by atoms with Gasteiger partial charge in [0, 0.05) is 49.2 Å². The number of piperazine rings is 1. The number of amides is 2. The van der Waals surface area contributed by atoms with E-state index in [-0.39, 0.29) is 60.0 Å². The summed E-state index contributed by atoms with van der Waals surface area (Å²) >= 11 is 0. The number of aromatic nitrogens is 5. The Bertz CT molecular complexity index is 2320. The maximum absolute atomic E-state index is 16.7. The van der Waals surface area contributed by atoms with E-state index in [1.807, 2.05) is 45.9 Å². The Morgan fingerprint density at radius 1 is 1.16 bits per heavy atom. The predicted molar refractivity (Wildman–Crippen MR) is 185 cm³/mol. The van der Waals surface area contributed by atoms with Gasteiger partial charge >= 0.3 is 0 Å². The summed E-state index contributed by atoms with van der Waals surface area (Å²) in [4.78, 5) is 53.8. The van der Waals surface area contributed by atoms with Gasteiger partial charge in [0.25, 0.3) is 17.4 Å². The summed E-state index contributed by atoms with van der Waals surface area (Å²) in [5.41, 5.74) is 2.63. The molecule has 5 aromatic rings. The third-order valence-corrected chi connectivity index (χ3v) is 9.14. The molecular formula is C36H35F2N9O3. The lowest BCUT2D eigenvalue weighted by atomic mass is 9.98. The van der Waals surface area contributed by atoms with Crippen molar-refractivity contribution >= 4 is 39.4 Å². The van der Waals surface area contributed by atoms with Gasteiger partial charge in [0.15, 0.2) is 11.5 Å². The average Bonchev–Trinajstić information content (AvgIpc) is 3.56. The van der Waals surface area contributed by atoms with Crippen LogP contribution in [0.5, 0.6) is 0 Å². The Morgan fingerprint density at radius 3 is 2.60 bits per heavy atom. The van der Waals surface area contributed by atoms with E-state index < -0.39 is 35.1 Å². The molecule has 256 valence electrons. The van der Waals surface area contributed by atoms with Crippen LogP contribution in [0.25, 0.3) is 38.9 Å². The van der Waals surface area contributed by atoms with Gasteiger partial charge in [-0.05, 0) is 49.1 Å². The highest BCUT2D eigenvalue weighted by Crippen LogP contribution is 2.38. The van der Waals surface area contributed by atoms with Crippen LogP contribution in [0.3, 0.4) is 0 Å². The standard InChI is InChI=1S/C36H35F2N9O3/c1-18(2)29-31(20(4)10-12-41-29)47-33-23(15-25(38)30(43-33)27-19(3)7-8-26-24(27)16-42-44-26)32(28(36(47)50)34(48)40-6)45-13-14-46(35(49)21(5)37)22(17-45)9-11-39/h7-8,10,12,15-16,18,22H,5,9,13-14,17H2,1-4,6H3,(H,40,48)(H,42,44)/t22-/m0/s1. The number of hydrogen-bond acceptors (Lipinski definition) is 8. The molecule has 0 radical (unpaired) electrons. The maximum atomic E-state index is 16.7. The van der Waals surface area contributed by atoms with Crippen molar-refractivity contribution in [2.75, 3.05) is 31.6 Å². The minimum absolute atomic E-state index is 0.0272. The van der Waals surface area contributed by atoms with Crippen molar-refractivity contribution in [3.05, 3.63) is 87.6 Å². The Kier molecular flexibility index (Phi) is 8.92. The molecule has 1 aliphatic rings. The second kappa shape index (κ2) is 13.1. The number of pyridine rings is 3. The fourth-order valence-electron chi connectivity index (χ4n) is 6.80. The minimum atomic E-state index is -1.17. The normalized spacial score (nSPS) is 14.7. The number of benzene rings is 1. The van der Waals surface area contributed by atoms with E-state index in [1.165, 1.54) is 22.6 Å². The summed E-state index contributed by atoms with van der Waals surface area (Å²) in [6.45, 7) is 10.5. The summed E-state index contributed by atoms with van der Waals surface area (Å²) in [6.07, 6.45) is 3.05. The first-order chi connectivity index (χ1) is 23.9. The maximum Gasteiger partial charge on any atom is 0.282 e. The van der Waals surface area contributed by atoms with E-state index in [2.05, 4.69) is 27.1 Å². The SMILES string of the molecule is C=C(F)C(=O)N1CCN(c2c(C(=O)NC)c(=O)n(-c3c(C)ccnc3C(C)C)c3nc(-c4c(C)ccc5[nH]ncc45)c(F)cc23)C[C@@H]1CC#N. The summed E-state index contributed by atoms with van der Waals surface area (Å²) in [5.74, 6) is -3.73. The van der Waals surface area contributed by atoms with Crippen LogP contribution in [-0.2, 0) is 4.79 Å². The molecule has 0 aliphatic carbocycles. The second-order valence-corrected chi connectivity index (χ2v) is 12.6. The van der Waals surface area contributed by atoms with Crippen LogP contribution in [0.2, 0.25) is 0 Å². The van der Waals surface area contributed by atoms with E-state index in [9.17, 15) is 24.0 Å². The molecule has 50 heavy (non-hydrogen) atoms. The van der Waals surface area contributed by atoms with Crippen LogP contribution < -0.4 is 15.8 Å². The summed E-state index contributed by atoms with van der Waals surface area (Å²) < 4.78 is 32.0. The Hall–Kier alpha value is -5.97. The van der Waals surface area contributed by atoms with E-state index in [4.69, 9.17) is 4.98 Å². The van der Waals surface area contributed by atoms with Crippen LogP contribution in [0.1, 0.15) is 53.4 Å². The molecule has 1 aromatic carbocycles. The van der Waals surface area contributed by atoms with Crippen LogP contribution >= 0.6 is 0 Å². The summed E-state index contributed by atoms with van der Waals surface area (Å²) in [6, 6.07) is 7.86. The number of fused-ring (bicyclic) bond motifs is 2. The van der Waals surface area contributed by atoms with Gasteiger partial charge in [-0.2, -0.15) is 10.4 Å². The molecule has 0 bridgehead atoms. The molecule has 12 nitrogen and oxygen atoms in total. The van der Waals surface area contributed by atoms with E-state index in [1.54, 1.807) is 23.4 Å². The average molecular weight is 680 g/mol. The molecule has 1 saturated heterocycles. The number of carbonyl (C=O) groups excluding carboxylic acids is 2. The van der Waals surface area contributed by atoms with Gasteiger partial charge in [0.1, 0.15) is 17.1 Å². The molecular weight excluding hydrogens is 644 g/mol. The van der Waals surface area contributed by atoms with Gasteiger partial charge in [-0.1, -0.05) is 26.5 Å². The number of nitrogens with one attached hydrogen (secondary N) is 2. The highest BCUT2D eigenvalue weighted by molar-refractivity contribution is 6.08. The first kappa shape index (κ1) is 33.9. The Labute approximate surface area is 286 Å².